The lowest BCUT2D eigenvalue weighted by molar-refractivity contribution is -0.135. The topological polar surface area (TPSA) is 70.2 Å². The highest BCUT2D eigenvalue weighted by Gasteiger charge is 2.37. The fraction of sp³-hybridized carbons (Fsp3) is 0.650. The molecule has 3 rings (SSSR count). The maximum absolute atomic E-state index is 13.1. The number of likely N-dealkylation sites (tertiary alicyclic amines) is 1. The Bertz CT molecular complexity index is 692. The first-order valence-electron chi connectivity index (χ1n) is 10.0. The number of hydrogen-bond acceptors (Lipinski definition) is 5. The van der Waals surface area contributed by atoms with E-state index >= 15 is 0 Å². The molecule has 0 aromatic carbocycles. The van der Waals surface area contributed by atoms with Crippen LogP contribution in [0.25, 0.3) is 0 Å². The minimum atomic E-state index is -0.394. The first-order chi connectivity index (χ1) is 13.5. The van der Waals surface area contributed by atoms with Gasteiger partial charge in [0, 0.05) is 32.7 Å². The molecule has 0 N–H and O–H groups in total. The van der Waals surface area contributed by atoms with Crippen LogP contribution < -0.4 is 0 Å². The van der Waals surface area contributed by atoms with Gasteiger partial charge in [-0.15, -0.1) is 11.3 Å². The van der Waals surface area contributed by atoms with Gasteiger partial charge in [0.2, 0.25) is 5.91 Å². The van der Waals surface area contributed by atoms with Crippen molar-refractivity contribution < 1.29 is 19.1 Å². The second-order valence-corrected chi connectivity index (χ2v) is 8.72. The zero-order valence-corrected chi connectivity index (χ0v) is 17.5. The van der Waals surface area contributed by atoms with Gasteiger partial charge in [0.05, 0.1) is 11.5 Å². The minimum Gasteiger partial charge on any atom is -0.449 e. The molecule has 2 fully saturated rings. The lowest BCUT2D eigenvalue weighted by Crippen LogP contribution is -2.48. The number of carbonyl (C=O) groups is 3. The molecular weight excluding hydrogens is 378 g/mol. The molecule has 1 atom stereocenters. The second-order valence-electron chi connectivity index (χ2n) is 7.77. The molecule has 8 heteroatoms. The van der Waals surface area contributed by atoms with Crippen molar-refractivity contribution in [2.24, 2.45) is 5.92 Å². The molecule has 3 heterocycles. The summed E-state index contributed by atoms with van der Waals surface area (Å²) in [7, 11) is 0. The third-order valence-corrected chi connectivity index (χ3v) is 5.99. The molecule has 154 valence electrons. The zero-order valence-electron chi connectivity index (χ0n) is 16.6. The van der Waals surface area contributed by atoms with Crippen LogP contribution in [0.1, 0.15) is 42.8 Å². The Kier molecular flexibility index (Phi) is 6.93. The molecule has 0 spiro atoms. The standard InChI is InChI=1S/C20H29N3O4S/c1-15(2)14-27-20(26)22-9-5-8-21(11-12-22)18(24)16-6-3-10-23(16)19(25)17-7-4-13-28-17/h4,7,13,15-16H,3,5-6,8-12,14H2,1-2H3/t16-/m0/s1. The van der Waals surface area contributed by atoms with Crippen LogP contribution in [0.4, 0.5) is 4.79 Å². The van der Waals surface area contributed by atoms with Crippen LogP contribution >= 0.6 is 11.3 Å². The normalized spacial score (nSPS) is 20.4. The second kappa shape index (κ2) is 9.41. The molecule has 1 aromatic heterocycles. The number of hydrogen-bond donors (Lipinski definition) is 0. The Balaban J connectivity index is 1.58. The van der Waals surface area contributed by atoms with Crippen molar-refractivity contribution in [1.29, 1.82) is 0 Å². The fourth-order valence-corrected chi connectivity index (χ4v) is 4.35. The van der Waals surface area contributed by atoms with Crippen LogP contribution in [0, 0.1) is 5.92 Å². The summed E-state index contributed by atoms with van der Waals surface area (Å²) >= 11 is 1.41. The molecule has 0 unspecified atom stereocenters. The third kappa shape index (κ3) is 4.84. The van der Waals surface area contributed by atoms with E-state index in [9.17, 15) is 14.4 Å². The van der Waals surface area contributed by atoms with Crippen molar-refractivity contribution in [3.05, 3.63) is 22.4 Å². The van der Waals surface area contributed by atoms with E-state index in [1.165, 1.54) is 11.3 Å². The van der Waals surface area contributed by atoms with E-state index in [2.05, 4.69) is 0 Å². The third-order valence-electron chi connectivity index (χ3n) is 5.14. The van der Waals surface area contributed by atoms with E-state index in [0.717, 1.165) is 6.42 Å². The minimum absolute atomic E-state index is 0.000182. The smallest absolute Gasteiger partial charge is 0.409 e. The SMILES string of the molecule is CC(C)COC(=O)N1CCCN(C(=O)[C@@H]2CCCN2C(=O)c2cccs2)CC1. The molecule has 0 bridgehead atoms. The van der Waals surface area contributed by atoms with Crippen molar-refractivity contribution in [3.63, 3.8) is 0 Å². The molecule has 2 aliphatic heterocycles. The Morgan fingerprint density at radius 3 is 2.57 bits per heavy atom. The molecule has 7 nitrogen and oxygen atoms in total. The lowest BCUT2D eigenvalue weighted by atomic mass is 10.2. The Labute approximate surface area is 170 Å². The first kappa shape index (κ1) is 20.6. The number of amides is 3. The van der Waals surface area contributed by atoms with Crippen LogP contribution in [0.2, 0.25) is 0 Å². The van der Waals surface area contributed by atoms with E-state index in [1.54, 1.807) is 20.8 Å². The summed E-state index contributed by atoms with van der Waals surface area (Å²) in [5.74, 6) is 0.239. The maximum Gasteiger partial charge on any atom is 0.409 e. The molecule has 1 aromatic rings. The predicted octanol–water partition coefficient (Wildman–Crippen LogP) is 2.68. The summed E-state index contributed by atoms with van der Waals surface area (Å²) in [4.78, 5) is 44.0. The lowest BCUT2D eigenvalue weighted by Gasteiger charge is -2.29. The molecule has 28 heavy (non-hydrogen) atoms. The van der Waals surface area contributed by atoms with E-state index in [1.807, 2.05) is 25.3 Å². The monoisotopic (exact) mass is 407 g/mol. The highest BCUT2D eigenvalue weighted by molar-refractivity contribution is 7.12. The van der Waals surface area contributed by atoms with E-state index < -0.39 is 6.04 Å². The molecule has 2 aliphatic rings. The number of thiophene rings is 1. The largest absolute Gasteiger partial charge is 0.449 e. The van der Waals surface area contributed by atoms with Gasteiger partial charge in [-0.05, 0) is 36.6 Å². The van der Waals surface area contributed by atoms with Crippen molar-refractivity contribution in [1.82, 2.24) is 14.7 Å². The summed E-state index contributed by atoms with van der Waals surface area (Å²) in [5, 5.41) is 1.88. The number of ether oxygens (including phenoxy) is 1. The summed E-state index contributed by atoms with van der Waals surface area (Å²) in [6, 6.07) is 3.26. The van der Waals surface area contributed by atoms with Gasteiger partial charge in [0.25, 0.3) is 5.91 Å². The van der Waals surface area contributed by atoms with Gasteiger partial charge >= 0.3 is 6.09 Å². The Hall–Kier alpha value is -2.09. The highest BCUT2D eigenvalue weighted by Crippen LogP contribution is 2.24. The van der Waals surface area contributed by atoms with E-state index in [0.29, 0.717) is 63.0 Å². The summed E-state index contributed by atoms with van der Waals surface area (Å²) in [6.45, 7) is 7.16. The average molecular weight is 408 g/mol. The fourth-order valence-electron chi connectivity index (χ4n) is 3.67. The quantitative estimate of drug-likeness (QED) is 0.769. The number of rotatable bonds is 4. The van der Waals surface area contributed by atoms with Gasteiger partial charge < -0.3 is 19.4 Å². The van der Waals surface area contributed by atoms with Crippen LogP contribution in [0.15, 0.2) is 17.5 Å². The van der Waals surface area contributed by atoms with E-state index in [-0.39, 0.29) is 17.9 Å². The maximum atomic E-state index is 13.1. The number of nitrogens with zero attached hydrogens (tertiary/aromatic N) is 3. The van der Waals surface area contributed by atoms with Gasteiger partial charge in [-0.3, -0.25) is 9.59 Å². The molecule has 3 amide bonds. The molecule has 2 saturated heterocycles. The van der Waals surface area contributed by atoms with Crippen LogP contribution in [-0.4, -0.2) is 78.0 Å². The van der Waals surface area contributed by atoms with Gasteiger partial charge in [-0.25, -0.2) is 4.79 Å². The molecule has 0 aliphatic carbocycles. The van der Waals surface area contributed by atoms with E-state index in [4.69, 9.17) is 4.74 Å². The first-order valence-corrected chi connectivity index (χ1v) is 10.9. The molecule has 0 saturated carbocycles. The van der Waals surface area contributed by atoms with Crippen LogP contribution in [0.3, 0.4) is 0 Å². The van der Waals surface area contributed by atoms with Crippen LogP contribution in [-0.2, 0) is 9.53 Å². The van der Waals surface area contributed by atoms with Gasteiger partial charge in [0.1, 0.15) is 6.04 Å². The van der Waals surface area contributed by atoms with Gasteiger partial charge in [0.15, 0.2) is 0 Å². The van der Waals surface area contributed by atoms with Crippen molar-refractivity contribution in [2.45, 2.75) is 39.2 Å². The molecular formula is C20H29N3O4S. The average Bonchev–Trinajstić information content (AvgIpc) is 3.32. The van der Waals surface area contributed by atoms with Gasteiger partial charge in [-0.2, -0.15) is 0 Å². The van der Waals surface area contributed by atoms with Crippen molar-refractivity contribution in [2.75, 3.05) is 39.3 Å². The zero-order chi connectivity index (χ0) is 20.1. The Morgan fingerprint density at radius 2 is 1.86 bits per heavy atom. The van der Waals surface area contributed by atoms with Gasteiger partial charge in [-0.1, -0.05) is 19.9 Å². The van der Waals surface area contributed by atoms with Crippen LogP contribution in [0.5, 0.6) is 0 Å². The summed E-state index contributed by atoms with van der Waals surface area (Å²) in [6.07, 6.45) is 1.95. The summed E-state index contributed by atoms with van der Waals surface area (Å²) in [5.41, 5.74) is 0. The highest BCUT2D eigenvalue weighted by atomic mass is 32.1. The summed E-state index contributed by atoms with van der Waals surface area (Å²) < 4.78 is 5.32. The predicted molar refractivity (Wildman–Crippen MR) is 107 cm³/mol. The molecule has 0 radical (unpaired) electrons. The van der Waals surface area contributed by atoms with Crippen molar-refractivity contribution in [3.8, 4) is 0 Å². The Morgan fingerprint density at radius 1 is 1.11 bits per heavy atom. The number of carbonyl (C=O) groups excluding carboxylic acids is 3. The van der Waals surface area contributed by atoms with Crippen molar-refractivity contribution >= 4 is 29.2 Å².